The zero-order chi connectivity index (χ0) is 22.2. The highest BCUT2D eigenvalue weighted by Crippen LogP contribution is 2.53. The van der Waals surface area contributed by atoms with Gasteiger partial charge in [0, 0.05) is 28.9 Å². The molecule has 2 atom stereocenters. The number of ketones is 1. The van der Waals surface area contributed by atoms with Crippen molar-refractivity contribution in [1.29, 1.82) is 0 Å². The second-order valence-corrected chi connectivity index (χ2v) is 8.75. The molecule has 2 aliphatic heterocycles. The van der Waals surface area contributed by atoms with Crippen LogP contribution in [0.25, 0.3) is 0 Å². The molecule has 0 radical (unpaired) electrons. The molecule has 32 heavy (non-hydrogen) atoms. The minimum absolute atomic E-state index is 0.150. The Morgan fingerprint density at radius 2 is 1.50 bits per heavy atom. The highest BCUT2D eigenvalue weighted by Gasteiger charge is 2.49. The fourth-order valence-electron chi connectivity index (χ4n) is 4.33. The Hall–Kier alpha value is -3.64. The third kappa shape index (κ3) is 3.33. The largest absolute Gasteiger partial charge is 0.344 e. The average Bonchev–Trinajstić information content (AvgIpc) is 3.20. The van der Waals surface area contributed by atoms with Gasteiger partial charge in [0.05, 0.1) is 10.7 Å². The molecular weight excluding hydrogens is 420 g/mol. The average molecular weight is 441 g/mol. The van der Waals surface area contributed by atoms with Crippen LogP contribution in [0, 0.1) is 0 Å². The highest BCUT2D eigenvalue weighted by atomic mass is 32.2. The van der Waals surface area contributed by atoms with E-state index in [-0.39, 0.29) is 17.6 Å². The molecular formula is C26H20N2O3S. The number of amides is 2. The predicted octanol–water partition coefficient (Wildman–Crippen LogP) is 4.52. The van der Waals surface area contributed by atoms with E-state index in [1.165, 1.54) is 18.7 Å². The lowest BCUT2D eigenvalue weighted by Crippen LogP contribution is -2.54. The fraction of sp³-hybridized carbons (Fsp3) is 0.115. The Morgan fingerprint density at radius 3 is 2.19 bits per heavy atom. The van der Waals surface area contributed by atoms with Crippen molar-refractivity contribution in [1.82, 2.24) is 5.32 Å². The van der Waals surface area contributed by atoms with E-state index >= 15 is 0 Å². The standard InChI is InChI=1S/C26H20N2O3S/c1-16(29)27-23-21(17-10-4-2-5-11-17)22(24(30)18-12-6-3-7-13-18)26-28(25(23)31)19-14-8-9-15-20(19)32-26/h2-15,21,23H,1H3,(H,27,29)/t21-,23-/m0/s1. The molecule has 5 nitrogen and oxygen atoms in total. The molecule has 0 bridgehead atoms. The first-order valence-electron chi connectivity index (χ1n) is 10.3. The van der Waals surface area contributed by atoms with Crippen LogP contribution >= 0.6 is 11.8 Å². The van der Waals surface area contributed by atoms with E-state index in [2.05, 4.69) is 5.32 Å². The van der Waals surface area contributed by atoms with Crippen molar-refractivity contribution in [2.24, 2.45) is 0 Å². The number of hydrogen-bond acceptors (Lipinski definition) is 4. The van der Waals surface area contributed by atoms with Crippen molar-refractivity contribution < 1.29 is 14.4 Å². The van der Waals surface area contributed by atoms with Crippen LogP contribution in [0.5, 0.6) is 0 Å². The minimum atomic E-state index is -0.895. The van der Waals surface area contributed by atoms with Crippen molar-refractivity contribution in [2.75, 3.05) is 4.90 Å². The van der Waals surface area contributed by atoms with E-state index in [4.69, 9.17) is 0 Å². The molecule has 2 amide bonds. The van der Waals surface area contributed by atoms with Crippen LogP contribution < -0.4 is 10.2 Å². The molecule has 5 rings (SSSR count). The lowest BCUT2D eigenvalue weighted by molar-refractivity contribution is -0.126. The highest BCUT2D eigenvalue weighted by molar-refractivity contribution is 8.03. The maximum Gasteiger partial charge on any atom is 0.255 e. The molecule has 0 unspecified atom stereocenters. The maximum atomic E-state index is 13.9. The van der Waals surface area contributed by atoms with Gasteiger partial charge in [-0.3, -0.25) is 19.3 Å². The van der Waals surface area contributed by atoms with Crippen LogP contribution in [0.3, 0.4) is 0 Å². The number of nitrogens with zero attached hydrogens (tertiary/aromatic N) is 1. The summed E-state index contributed by atoms with van der Waals surface area (Å²) in [6.45, 7) is 1.39. The van der Waals surface area contributed by atoms with Crippen molar-refractivity contribution in [3.8, 4) is 0 Å². The van der Waals surface area contributed by atoms with Gasteiger partial charge in [-0.1, -0.05) is 84.6 Å². The Balaban J connectivity index is 1.78. The van der Waals surface area contributed by atoms with Gasteiger partial charge >= 0.3 is 0 Å². The Bertz CT molecular complexity index is 1250. The van der Waals surface area contributed by atoms with E-state index in [0.29, 0.717) is 16.2 Å². The maximum absolute atomic E-state index is 13.9. The van der Waals surface area contributed by atoms with Crippen LogP contribution in [-0.2, 0) is 9.59 Å². The number of rotatable bonds is 4. The first kappa shape index (κ1) is 20.3. The number of hydrogen-bond donors (Lipinski definition) is 1. The van der Waals surface area contributed by atoms with Gasteiger partial charge in [0.25, 0.3) is 5.91 Å². The predicted molar refractivity (Wildman–Crippen MR) is 124 cm³/mol. The van der Waals surface area contributed by atoms with Gasteiger partial charge < -0.3 is 5.32 Å². The molecule has 2 aliphatic rings. The zero-order valence-corrected chi connectivity index (χ0v) is 18.1. The summed E-state index contributed by atoms with van der Waals surface area (Å²) in [4.78, 5) is 42.3. The summed E-state index contributed by atoms with van der Waals surface area (Å²) in [7, 11) is 0. The van der Waals surface area contributed by atoms with Gasteiger partial charge in [0.2, 0.25) is 5.91 Å². The summed E-state index contributed by atoms with van der Waals surface area (Å²) in [5, 5.41) is 3.45. The van der Waals surface area contributed by atoms with E-state index in [9.17, 15) is 14.4 Å². The molecule has 0 aromatic heterocycles. The first-order chi connectivity index (χ1) is 15.6. The zero-order valence-electron chi connectivity index (χ0n) is 17.3. The monoisotopic (exact) mass is 440 g/mol. The fourth-order valence-corrected chi connectivity index (χ4v) is 5.56. The van der Waals surface area contributed by atoms with Crippen LogP contribution in [0.4, 0.5) is 5.69 Å². The summed E-state index contributed by atoms with van der Waals surface area (Å²) < 4.78 is 0. The SMILES string of the molecule is CC(=O)N[C@@H]1C(=O)N2C(=C(C(=O)c3ccccc3)[C@@H]1c1ccccc1)Sc1ccccc12. The van der Waals surface area contributed by atoms with Crippen molar-refractivity contribution in [3.05, 3.63) is 107 Å². The molecule has 0 saturated heterocycles. The second-order valence-electron chi connectivity index (χ2n) is 7.72. The topological polar surface area (TPSA) is 66.5 Å². The number of carbonyl (C=O) groups excluding carboxylic acids is 3. The van der Waals surface area contributed by atoms with Gasteiger partial charge in [-0.05, 0) is 17.7 Å². The second kappa shape index (κ2) is 8.13. The third-order valence-corrected chi connectivity index (χ3v) is 6.84. The molecule has 2 heterocycles. The van der Waals surface area contributed by atoms with E-state index in [1.807, 2.05) is 72.8 Å². The van der Waals surface area contributed by atoms with Gasteiger partial charge in [-0.15, -0.1) is 0 Å². The lowest BCUT2D eigenvalue weighted by Gasteiger charge is -2.38. The Labute approximate surface area is 190 Å². The Morgan fingerprint density at radius 1 is 0.875 bits per heavy atom. The molecule has 158 valence electrons. The van der Waals surface area contributed by atoms with Crippen molar-refractivity contribution in [3.63, 3.8) is 0 Å². The third-order valence-electron chi connectivity index (χ3n) is 5.68. The smallest absolute Gasteiger partial charge is 0.255 e. The number of fused-ring (bicyclic) bond motifs is 3. The number of Topliss-reactive ketones (excluding diaryl/α,β-unsaturated/α-hetero) is 1. The lowest BCUT2D eigenvalue weighted by atomic mass is 9.79. The van der Waals surface area contributed by atoms with Gasteiger partial charge in [-0.25, -0.2) is 0 Å². The van der Waals surface area contributed by atoms with E-state index in [1.54, 1.807) is 17.0 Å². The molecule has 6 heteroatoms. The Kier molecular flexibility index (Phi) is 5.15. The van der Waals surface area contributed by atoms with Crippen LogP contribution in [0.15, 0.2) is 100 Å². The van der Waals surface area contributed by atoms with Gasteiger partial charge in [-0.2, -0.15) is 0 Å². The number of carbonyl (C=O) groups is 3. The molecule has 0 spiro atoms. The quantitative estimate of drug-likeness (QED) is 0.606. The summed E-state index contributed by atoms with van der Waals surface area (Å²) in [6.07, 6.45) is 0. The van der Waals surface area contributed by atoms with Gasteiger partial charge in [0.15, 0.2) is 5.78 Å². The van der Waals surface area contributed by atoms with Crippen LogP contribution in [0.1, 0.15) is 28.8 Å². The summed E-state index contributed by atoms with van der Waals surface area (Å²) >= 11 is 1.43. The van der Waals surface area contributed by atoms with Gasteiger partial charge in [0.1, 0.15) is 6.04 Å². The van der Waals surface area contributed by atoms with E-state index < -0.39 is 12.0 Å². The number of nitrogens with one attached hydrogen (secondary N) is 1. The van der Waals surface area contributed by atoms with E-state index in [0.717, 1.165) is 16.1 Å². The number of anilines is 1. The van der Waals surface area contributed by atoms with Crippen LogP contribution in [0.2, 0.25) is 0 Å². The number of para-hydroxylation sites is 1. The minimum Gasteiger partial charge on any atom is -0.344 e. The summed E-state index contributed by atoms with van der Waals surface area (Å²) in [5.41, 5.74) is 2.60. The van der Waals surface area contributed by atoms with Crippen molar-refractivity contribution in [2.45, 2.75) is 23.8 Å². The number of thioether (sulfide) groups is 1. The number of benzene rings is 3. The molecule has 0 fully saturated rings. The van der Waals surface area contributed by atoms with Crippen LogP contribution in [-0.4, -0.2) is 23.6 Å². The molecule has 3 aromatic rings. The first-order valence-corrected chi connectivity index (χ1v) is 11.1. The molecule has 1 N–H and O–H groups in total. The normalized spacial score (nSPS) is 19.4. The van der Waals surface area contributed by atoms with Crippen molar-refractivity contribution >= 4 is 35.0 Å². The molecule has 0 aliphatic carbocycles. The summed E-state index contributed by atoms with van der Waals surface area (Å²) in [6, 6.07) is 25.2. The molecule has 3 aromatic carbocycles. The summed E-state index contributed by atoms with van der Waals surface area (Å²) in [5.74, 6) is -1.32. The molecule has 0 saturated carbocycles.